The first-order valence-electron chi connectivity index (χ1n) is 5.46. The Hall–Kier alpha value is -0.0800. The maximum absolute atomic E-state index is 5.96. The van der Waals surface area contributed by atoms with Crippen molar-refractivity contribution < 1.29 is 0 Å². The van der Waals surface area contributed by atoms with Gasteiger partial charge in [-0.3, -0.25) is 4.90 Å². The Morgan fingerprint density at radius 1 is 1.46 bits per heavy atom. The van der Waals surface area contributed by atoms with Crippen LogP contribution in [0.15, 0.2) is 0 Å². The van der Waals surface area contributed by atoms with Crippen LogP contribution in [0.4, 0.5) is 0 Å². The Morgan fingerprint density at radius 2 is 2.00 bits per heavy atom. The highest BCUT2D eigenvalue weighted by atomic mass is 15.2. The van der Waals surface area contributed by atoms with Gasteiger partial charge in [-0.1, -0.05) is 6.92 Å². The van der Waals surface area contributed by atoms with Crippen LogP contribution in [-0.4, -0.2) is 30.1 Å². The Bertz CT molecular complexity index is 206. The topological polar surface area (TPSA) is 29.3 Å². The Kier molecular flexibility index (Phi) is 1.97. The minimum atomic E-state index is 0.244. The molecule has 2 heteroatoms. The van der Waals surface area contributed by atoms with Gasteiger partial charge in [-0.05, 0) is 45.1 Å². The molecule has 2 fully saturated rings. The summed E-state index contributed by atoms with van der Waals surface area (Å²) in [5.41, 5.74) is 6.70. The molecular formula is C11H22N2. The van der Waals surface area contributed by atoms with Crippen LogP contribution < -0.4 is 5.73 Å². The molecule has 0 saturated heterocycles. The van der Waals surface area contributed by atoms with Crippen molar-refractivity contribution in [2.75, 3.05) is 13.6 Å². The van der Waals surface area contributed by atoms with E-state index in [1.165, 1.54) is 25.7 Å². The van der Waals surface area contributed by atoms with Crippen molar-refractivity contribution in [1.82, 2.24) is 4.90 Å². The highest BCUT2D eigenvalue weighted by Gasteiger charge is 2.56. The summed E-state index contributed by atoms with van der Waals surface area (Å²) in [6, 6.07) is 0.825. The van der Waals surface area contributed by atoms with Gasteiger partial charge >= 0.3 is 0 Å². The molecule has 0 aromatic carbocycles. The molecule has 2 aliphatic rings. The molecule has 1 unspecified atom stereocenters. The van der Waals surface area contributed by atoms with Crippen molar-refractivity contribution in [3.05, 3.63) is 0 Å². The molecule has 0 radical (unpaired) electrons. The van der Waals surface area contributed by atoms with Crippen molar-refractivity contribution in [1.29, 1.82) is 0 Å². The molecule has 0 aromatic rings. The van der Waals surface area contributed by atoms with E-state index in [2.05, 4.69) is 25.8 Å². The monoisotopic (exact) mass is 182 g/mol. The van der Waals surface area contributed by atoms with Crippen LogP contribution in [0.5, 0.6) is 0 Å². The minimum Gasteiger partial charge on any atom is -0.329 e. The Morgan fingerprint density at radius 3 is 2.31 bits per heavy atom. The molecule has 0 bridgehead atoms. The van der Waals surface area contributed by atoms with Crippen LogP contribution in [0.2, 0.25) is 0 Å². The fourth-order valence-corrected chi connectivity index (χ4v) is 2.41. The maximum Gasteiger partial charge on any atom is 0.0356 e. The number of hydrogen-bond donors (Lipinski definition) is 1. The molecule has 2 nitrogen and oxygen atoms in total. The first-order chi connectivity index (χ1) is 6.03. The average Bonchev–Trinajstić information content (AvgIpc) is 2.94. The van der Waals surface area contributed by atoms with E-state index in [0.29, 0.717) is 5.41 Å². The Balaban J connectivity index is 2.13. The zero-order chi connectivity index (χ0) is 9.69. The zero-order valence-corrected chi connectivity index (χ0v) is 9.14. The SMILES string of the molecule is CN(C1CC1)C(C)(CN)C1(C)CC1. The van der Waals surface area contributed by atoms with Crippen molar-refractivity contribution in [3.8, 4) is 0 Å². The Labute approximate surface area is 81.5 Å². The quantitative estimate of drug-likeness (QED) is 0.715. The van der Waals surface area contributed by atoms with Crippen molar-refractivity contribution in [3.63, 3.8) is 0 Å². The molecule has 0 amide bonds. The molecule has 1 atom stereocenters. The number of rotatable bonds is 4. The summed E-state index contributed by atoms with van der Waals surface area (Å²) in [6.45, 7) is 5.54. The van der Waals surface area contributed by atoms with Crippen molar-refractivity contribution >= 4 is 0 Å². The molecule has 0 spiro atoms. The van der Waals surface area contributed by atoms with Crippen LogP contribution in [0, 0.1) is 5.41 Å². The molecule has 13 heavy (non-hydrogen) atoms. The van der Waals surface area contributed by atoms with Crippen LogP contribution >= 0.6 is 0 Å². The highest BCUT2D eigenvalue weighted by molar-refractivity contribution is 5.11. The summed E-state index contributed by atoms with van der Waals surface area (Å²) in [5, 5.41) is 0. The maximum atomic E-state index is 5.96. The normalized spacial score (nSPS) is 30.2. The third-order valence-electron chi connectivity index (χ3n) is 4.57. The van der Waals surface area contributed by atoms with Gasteiger partial charge < -0.3 is 5.73 Å². The van der Waals surface area contributed by atoms with Gasteiger partial charge in [0, 0.05) is 18.1 Å². The van der Waals surface area contributed by atoms with Crippen LogP contribution in [0.25, 0.3) is 0 Å². The van der Waals surface area contributed by atoms with E-state index in [1.807, 2.05) is 0 Å². The van der Waals surface area contributed by atoms with Crippen molar-refractivity contribution in [2.45, 2.75) is 51.1 Å². The summed E-state index contributed by atoms with van der Waals surface area (Å²) in [7, 11) is 2.26. The van der Waals surface area contributed by atoms with Gasteiger partial charge in [-0.15, -0.1) is 0 Å². The summed E-state index contributed by atoms with van der Waals surface area (Å²) in [5.74, 6) is 0. The van der Waals surface area contributed by atoms with Crippen LogP contribution in [0.1, 0.15) is 39.5 Å². The first kappa shape index (κ1) is 9.47. The predicted octanol–water partition coefficient (Wildman–Crippen LogP) is 1.60. The minimum absolute atomic E-state index is 0.244. The van der Waals surface area contributed by atoms with E-state index in [9.17, 15) is 0 Å². The summed E-state index contributed by atoms with van der Waals surface area (Å²) in [6.07, 6.45) is 5.47. The third kappa shape index (κ3) is 1.31. The van der Waals surface area contributed by atoms with Gasteiger partial charge in [0.15, 0.2) is 0 Å². The molecule has 0 heterocycles. The lowest BCUT2D eigenvalue weighted by atomic mass is 9.82. The molecule has 2 N–H and O–H groups in total. The van der Waals surface area contributed by atoms with Gasteiger partial charge in [0.2, 0.25) is 0 Å². The van der Waals surface area contributed by atoms with E-state index in [-0.39, 0.29) is 5.54 Å². The van der Waals surface area contributed by atoms with E-state index in [1.54, 1.807) is 0 Å². The van der Waals surface area contributed by atoms with E-state index in [4.69, 9.17) is 5.73 Å². The van der Waals surface area contributed by atoms with Crippen LogP contribution in [0.3, 0.4) is 0 Å². The van der Waals surface area contributed by atoms with E-state index < -0.39 is 0 Å². The molecule has 2 saturated carbocycles. The lowest BCUT2D eigenvalue weighted by molar-refractivity contribution is 0.0655. The smallest absolute Gasteiger partial charge is 0.0356 e. The number of likely N-dealkylation sites (N-methyl/N-ethyl adjacent to an activating group) is 1. The van der Waals surface area contributed by atoms with E-state index >= 15 is 0 Å². The molecule has 0 aliphatic heterocycles. The van der Waals surface area contributed by atoms with E-state index in [0.717, 1.165) is 12.6 Å². The highest BCUT2D eigenvalue weighted by Crippen LogP contribution is 2.56. The first-order valence-corrected chi connectivity index (χ1v) is 5.46. The molecule has 0 aromatic heterocycles. The average molecular weight is 182 g/mol. The van der Waals surface area contributed by atoms with Gasteiger partial charge in [-0.2, -0.15) is 0 Å². The fourth-order valence-electron chi connectivity index (χ4n) is 2.41. The molecule has 76 valence electrons. The molecular weight excluding hydrogens is 160 g/mol. The lowest BCUT2D eigenvalue weighted by Crippen LogP contribution is -2.56. The van der Waals surface area contributed by atoms with Gasteiger partial charge in [0.25, 0.3) is 0 Å². The summed E-state index contributed by atoms with van der Waals surface area (Å²) < 4.78 is 0. The third-order valence-corrected chi connectivity index (χ3v) is 4.57. The number of hydrogen-bond acceptors (Lipinski definition) is 2. The van der Waals surface area contributed by atoms with Crippen LogP contribution in [-0.2, 0) is 0 Å². The lowest BCUT2D eigenvalue weighted by Gasteiger charge is -2.44. The summed E-state index contributed by atoms with van der Waals surface area (Å²) >= 11 is 0. The second-order valence-corrected chi connectivity index (χ2v) is 5.38. The van der Waals surface area contributed by atoms with Gasteiger partial charge in [-0.25, -0.2) is 0 Å². The fraction of sp³-hybridized carbons (Fsp3) is 1.00. The zero-order valence-electron chi connectivity index (χ0n) is 9.14. The number of nitrogens with two attached hydrogens (primary N) is 1. The summed E-state index contributed by atoms with van der Waals surface area (Å²) in [4.78, 5) is 2.54. The standard InChI is InChI=1S/C11H22N2/c1-10(6-7-10)11(2,8-12)13(3)9-4-5-9/h9H,4-8,12H2,1-3H3. The largest absolute Gasteiger partial charge is 0.329 e. The number of nitrogens with zero attached hydrogens (tertiary/aromatic N) is 1. The van der Waals surface area contributed by atoms with Gasteiger partial charge in [0.1, 0.15) is 0 Å². The second-order valence-electron chi connectivity index (χ2n) is 5.38. The molecule has 2 aliphatic carbocycles. The van der Waals surface area contributed by atoms with Gasteiger partial charge in [0.05, 0.1) is 0 Å². The molecule has 2 rings (SSSR count). The van der Waals surface area contributed by atoms with Crippen molar-refractivity contribution in [2.24, 2.45) is 11.1 Å². The second kappa shape index (κ2) is 2.71. The predicted molar refractivity (Wildman–Crippen MR) is 55.6 cm³/mol.